The van der Waals surface area contributed by atoms with Gasteiger partial charge in [0.1, 0.15) is 0 Å². The molecule has 14 heavy (non-hydrogen) atoms. The molecule has 1 N–H and O–H groups in total. The van der Waals surface area contributed by atoms with Gasteiger partial charge < -0.3 is 5.11 Å². The number of hydrogen-bond acceptors (Lipinski definition) is 1. The van der Waals surface area contributed by atoms with Crippen molar-refractivity contribution >= 4 is 0 Å². The minimum absolute atomic E-state index is 0.0219. The summed E-state index contributed by atoms with van der Waals surface area (Å²) in [5.74, 6) is 4.52. The third-order valence-corrected chi connectivity index (χ3v) is 4.91. The van der Waals surface area contributed by atoms with Crippen LogP contribution < -0.4 is 0 Å². The Hall–Kier alpha value is -0.300. The van der Waals surface area contributed by atoms with Gasteiger partial charge in [-0.1, -0.05) is 6.08 Å². The van der Waals surface area contributed by atoms with Crippen LogP contribution in [-0.4, -0.2) is 11.2 Å². The van der Waals surface area contributed by atoms with E-state index in [1.165, 1.54) is 19.3 Å². The van der Waals surface area contributed by atoms with Crippen molar-refractivity contribution in [2.75, 3.05) is 0 Å². The molecule has 2 bridgehead atoms. The van der Waals surface area contributed by atoms with E-state index in [1.54, 1.807) is 0 Å². The molecule has 1 heteroatoms. The zero-order valence-corrected chi connectivity index (χ0v) is 8.73. The minimum Gasteiger partial charge on any atom is -0.393 e. The predicted molar refractivity (Wildman–Crippen MR) is 56.7 cm³/mol. The maximum Gasteiger partial charge on any atom is 0.0577 e. The summed E-state index contributed by atoms with van der Waals surface area (Å²) in [6.45, 7) is 3.72. The second-order valence-corrected chi connectivity index (χ2v) is 5.50. The van der Waals surface area contributed by atoms with Gasteiger partial charge >= 0.3 is 0 Å². The molecule has 0 saturated heterocycles. The maximum absolute atomic E-state index is 10.0. The van der Waals surface area contributed by atoms with Gasteiger partial charge in [0.25, 0.3) is 0 Å². The standard InChI is InChI=1S/C13H20O/c1-2-3-4-10(14)13-11-8-5-6-9(7-8)12(11)13/h2,8-14H,1,3-7H2. The summed E-state index contributed by atoms with van der Waals surface area (Å²) in [5, 5.41) is 10.0. The SMILES string of the molecule is C=CCCC(O)C1C2C3CCC(C3)C12. The van der Waals surface area contributed by atoms with Gasteiger partial charge in [0.15, 0.2) is 0 Å². The lowest BCUT2D eigenvalue weighted by atomic mass is 9.97. The van der Waals surface area contributed by atoms with Crippen molar-refractivity contribution < 1.29 is 5.11 Å². The Morgan fingerprint density at radius 3 is 2.50 bits per heavy atom. The minimum atomic E-state index is -0.0219. The van der Waals surface area contributed by atoms with Crippen LogP contribution in [0.2, 0.25) is 0 Å². The summed E-state index contributed by atoms with van der Waals surface area (Å²) in [6.07, 6.45) is 8.22. The van der Waals surface area contributed by atoms with Crippen LogP contribution >= 0.6 is 0 Å². The second kappa shape index (κ2) is 3.10. The topological polar surface area (TPSA) is 20.2 Å². The molecule has 0 heterocycles. The highest BCUT2D eigenvalue weighted by atomic mass is 16.3. The summed E-state index contributed by atoms with van der Waals surface area (Å²) in [4.78, 5) is 0. The molecule has 3 rings (SSSR count). The van der Waals surface area contributed by atoms with Crippen molar-refractivity contribution in [3.63, 3.8) is 0 Å². The quantitative estimate of drug-likeness (QED) is 0.679. The summed E-state index contributed by atoms with van der Waals surface area (Å²) in [7, 11) is 0. The van der Waals surface area contributed by atoms with Crippen molar-refractivity contribution in [2.24, 2.45) is 29.6 Å². The fourth-order valence-electron chi connectivity index (χ4n) is 4.39. The lowest BCUT2D eigenvalue weighted by Gasteiger charge is -2.14. The molecule has 78 valence electrons. The van der Waals surface area contributed by atoms with Crippen LogP contribution in [-0.2, 0) is 0 Å². The van der Waals surface area contributed by atoms with E-state index >= 15 is 0 Å². The Bertz CT molecular complexity index is 232. The molecule has 0 radical (unpaired) electrons. The van der Waals surface area contributed by atoms with Gasteiger partial charge in [0.05, 0.1) is 6.10 Å². The highest BCUT2D eigenvalue weighted by Crippen LogP contribution is 2.70. The first-order chi connectivity index (χ1) is 6.83. The Morgan fingerprint density at radius 2 is 1.93 bits per heavy atom. The molecule has 3 aliphatic rings. The normalized spacial score (nSPS) is 50.2. The monoisotopic (exact) mass is 192 g/mol. The Kier molecular flexibility index (Phi) is 1.98. The van der Waals surface area contributed by atoms with Crippen LogP contribution in [0.1, 0.15) is 32.1 Å². The first-order valence-corrected chi connectivity index (χ1v) is 6.12. The molecule has 0 aromatic heterocycles. The van der Waals surface area contributed by atoms with Crippen LogP contribution in [0, 0.1) is 29.6 Å². The second-order valence-electron chi connectivity index (χ2n) is 5.50. The molecule has 1 nitrogen and oxygen atoms in total. The average Bonchev–Trinajstić information content (AvgIpc) is 2.64. The van der Waals surface area contributed by atoms with E-state index < -0.39 is 0 Å². The third kappa shape index (κ3) is 1.11. The number of fused-ring (bicyclic) bond motifs is 5. The van der Waals surface area contributed by atoms with Crippen LogP contribution in [0.25, 0.3) is 0 Å². The van der Waals surface area contributed by atoms with E-state index in [-0.39, 0.29) is 6.10 Å². The van der Waals surface area contributed by atoms with E-state index in [0.717, 1.165) is 36.5 Å². The molecule has 0 aliphatic heterocycles. The third-order valence-electron chi connectivity index (χ3n) is 4.91. The lowest BCUT2D eigenvalue weighted by Crippen LogP contribution is -2.15. The molecular weight excluding hydrogens is 172 g/mol. The molecule has 0 aromatic rings. The maximum atomic E-state index is 10.0. The largest absolute Gasteiger partial charge is 0.393 e. The number of hydrogen-bond donors (Lipinski definition) is 1. The van der Waals surface area contributed by atoms with Crippen molar-refractivity contribution in [1.29, 1.82) is 0 Å². The molecule has 3 saturated carbocycles. The van der Waals surface area contributed by atoms with Crippen LogP contribution in [0.5, 0.6) is 0 Å². The molecule has 0 amide bonds. The lowest BCUT2D eigenvalue weighted by molar-refractivity contribution is 0.120. The highest BCUT2D eigenvalue weighted by Gasteiger charge is 2.66. The number of aliphatic hydroxyl groups excluding tert-OH is 1. The summed E-state index contributed by atoms with van der Waals surface area (Å²) in [5.41, 5.74) is 0. The first-order valence-electron chi connectivity index (χ1n) is 6.12. The molecule has 0 spiro atoms. The summed E-state index contributed by atoms with van der Waals surface area (Å²) >= 11 is 0. The van der Waals surface area contributed by atoms with E-state index in [0.29, 0.717) is 5.92 Å². The van der Waals surface area contributed by atoms with Crippen molar-refractivity contribution in [2.45, 2.75) is 38.2 Å². The van der Waals surface area contributed by atoms with Crippen molar-refractivity contribution in [1.82, 2.24) is 0 Å². The Labute approximate surface area is 86.2 Å². The zero-order chi connectivity index (χ0) is 9.71. The van der Waals surface area contributed by atoms with Crippen LogP contribution in [0.15, 0.2) is 12.7 Å². The molecule has 0 aromatic carbocycles. The molecule has 3 aliphatic carbocycles. The molecule has 3 fully saturated rings. The van der Waals surface area contributed by atoms with Crippen molar-refractivity contribution in [3.05, 3.63) is 12.7 Å². The fourth-order valence-corrected chi connectivity index (χ4v) is 4.39. The first kappa shape index (κ1) is 8.96. The average molecular weight is 192 g/mol. The molecule has 5 atom stereocenters. The smallest absolute Gasteiger partial charge is 0.0577 e. The number of allylic oxidation sites excluding steroid dienone is 1. The van der Waals surface area contributed by atoms with Gasteiger partial charge in [-0.05, 0) is 61.7 Å². The Balaban J connectivity index is 1.60. The van der Waals surface area contributed by atoms with Gasteiger partial charge in [-0.2, -0.15) is 0 Å². The Morgan fingerprint density at radius 1 is 1.29 bits per heavy atom. The van der Waals surface area contributed by atoms with Crippen LogP contribution in [0.4, 0.5) is 0 Å². The van der Waals surface area contributed by atoms with Gasteiger partial charge in [0.2, 0.25) is 0 Å². The van der Waals surface area contributed by atoms with E-state index in [9.17, 15) is 5.11 Å². The van der Waals surface area contributed by atoms with Gasteiger partial charge in [-0.15, -0.1) is 6.58 Å². The predicted octanol–water partition coefficient (Wildman–Crippen LogP) is 2.61. The van der Waals surface area contributed by atoms with E-state index in [4.69, 9.17) is 0 Å². The van der Waals surface area contributed by atoms with Gasteiger partial charge in [0, 0.05) is 0 Å². The van der Waals surface area contributed by atoms with Gasteiger partial charge in [-0.3, -0.25) is 0 Å². The van der Waals surface area contributed by atoms with Crippen LogP contribution in [0.3, 0.4) is 0 Å². The molecule has 5 unspecified atom stereocenters. The van der Waals surface area contributed by atoms with Gasteiger partial charge in [-0.25, -0.2) is 0 Å². The van der Waals surface area contributed by atoms with E-state index in [1.807, 2.05) is 6.08 Å². The highest BCUT2D eigenvalue weighted by molar-refractivity contribution is 5.14. The summed E-state index contributed by atoms with van der Waals surface area (Å²) in [6, 6.07) is 0. The molecular formula is C13H20O. The zero-order valence-electron chi connectivity index (χ0n) is 8.73. The van der Waals surface area contributed by atoms with Crippen molar-refractivity contribution in [3.8, 4) is 0 Å². The fraction of sp³-hybridized carbons (Fsp3) is 0.846. The number of rotatable bonds is 4. The number of aliphatic hydroxyl groups is 1. The van der Waals surface area contributed by atoms with E-state index in [2.05, 4.69) is 6.58 Å². The summed E-state index contributed by atoms with van der Waals surface area (Å²) < 4.78 is 0.